The van der Waals surface area contributed by atoms with Crippen molar-refractivity contribution in [3.63, 3.8) is 0 Å². The Morgan fingerprint density at radius 3 is 2.48 bits per heavy atom. The molecule has 1 spiro atoms. The summed E-state index contributed by atoms with van der Waals surface area (Å²) in [5.41, 5.74) is 1.07. The molecule has 2 unspecified atom stereocenters. The van der Waals surface area contributed by atoms with Crippen molar-refractivity contribution in [1.82, 2.24) is 4.98 Å². The van der Waals surface area contributed by atoms with E-state index in [1.54, 1.807) is 27.0 Å². The zero-order valence-corrected chi connectivity index (χ0v) is 24.8. The fourth-order valence-corrected chi connectivity index (χ4v) is 6.36. The molecule has 0 bridgehead atoms. The van der Waals surface area contributed by atoms with E-state index in [4.69, 9.17) is 21.1 Å². The standard InChI is InChI=1S/C30H36ClF2N3O4/c1-28(2,3)39-22(37)10-16-13-30(16)8-9-36(15-30)26-18(31)14-34-20-11-17-21(35(7)27(38)40-29(4,5)6)12-19(32)25(33)23(17)24(20)26/h12,14,16H,8-11,13,15H2,1-7H3. The van der Waals surface area contributed by atoms with E-state index in [-0.39, 0.29) is 35.0 Å². The molecule has 5 rings (SSSR count). The van der Waals surface area contributed by atoms with Crippen LogP contribution in [0.3, 0.4) is 0 Å². The van der Waals surface area contributed by atoms with Crippen LogP contribution in [0.2, 0.25) is 5.02 Å². The third-order valence-corrected chi connectivity index (χ3v) is 8.18. The molecule has 216 valence electrons. The maximum Gasteiger partial charge on any atom is 0.414 e. The van der Waals surface area contributed by atoms with Crippen LogP contribution in [0.25, 0.3) is 11.1 Å². The Bertz CT molecular complexity index is 1400. The number of hydrogen-bond acceptors (Lipinski definition) is 6. The van der Waals surface area contributed by atoms with E-state index in [1.807, 2.05) is 20.8 Å². The number of fused-ring (bicyclic) bond motifs is 3. The Balaban J connectivity index is 1.46. The number of nitrogens with zero attached hydrogens (tertiary/aromatic N) is 3. The second kappa shape index (κ2) is 9.57. The summed E-state index contributed by atoms with van der Waals surface area (Å²) in [5.74, 6) is -2.07. The first-order valence-corrected chi connectivity index (χ1v) is 14.0. The molecule has 40 heavy (non-hydrogen) atoms. The first-order chi connectivity index (χ1) is 18.5. The number of esters is 1. The summed E-state index contributed by atoms with van der Waals surface area (Å²) >= 11 is 6.70. The summed E-state index contributed by atoms with van der Waals surface area (Å²) in [5, 5.41) is 0.346. The highest BCUT2D eigenvalue weighted by molar-refractivity contribution is 6.34. The van der Waals surface area contributed by atoms with Crippen LogP contribution in [0.15, 0.2) is 12.3 Å². The van der Waals surface area contributed by atoms with Gasteiger partial charge in [0.2, 0.25) is 0 Å². The highest BCUT2D eigenvalue weighted by Crippen LogP contribution is 2.62. The third-order valence-electron chi connectivity index (χ3n) is 7.91. The predicted octanol–water partition coefficient (Wildman–Crippen LogP) is 6.90. The van der Waals surface area contributed by atoms with Crippen molar-refractivity contribution in [2.45, 2.75) is 78.4 Å². The number of aromatic nitrogens is 1. The van der Waals surface area contributed by atoms with Crippen molar-refractivity contribution in [1.29, 1.82) is 0 Å². The van der Waals surface area contributed by atoms with Crippen molar-refractivity contribution in [3.05, 3.63) is 40.2 Å². The number of amides is 1. The number of pyridine rings is 1. The monoisotopic (exact) mass is 575 g/mol. The summed E-state index contributed by atoms with van der Waals surface area (Å²) in [6.45, 7) is 12.1. The van der Waals surface area contributed by atoms with Gasteiger partial charge in [0.1, 0.15) is 11.2 Å². The molecule has 0 radical (unpaired) electrons. The van der Waals surface area contributed by atoms with Crippen LogP contribution >= 0.6 is 11.6 Å². The molecule has 7 nitrogen and oxygen atoms in total. The zero-order valence-electron chi connectivity index (χ0n) is 24.1. The molecule has 1 saturated carbocycles. The number of anilines is 2. The van der Waals surface area contributed by atoms with Crippen LogP contribution in [0, 0.1) is 23.0 Å². The molecule has 1 saturated heterocycles. The molecule has 1 aromatic heterocycles. The Kier molecular flexibility index (Phi) is 6.84. The van der Waals surface area contributed by atoms with Crippen molar-refractivity contribution < 1.29 is 27.8 Å². The van der Waals surface area contributed by atoms with Crippen LogP contribution in [-0.2, 0) is 20.7 Å². The summed E-state index contributed by atoms with van der Waals surface area (Å²) < 4.78 is 41.6. The molecule has 1 amide bonds. The summed E-state index contributed by atoms with van der Waals surface area (Å²) in [4.78, 5) is 33.1. The molecule has 1 aliphatic heterocycles. The normalized spacial score (nSPS) is 21.4. The molecule has 3 aliphatic rings. The highest BCUT2D eigenvalue weighted by atomic mass is 35.5. The average molecular weight is 576 g/mol. The molecule has 10 heteroatoms. The third kappa shape index (κ3) is 5.24. The summed E-state index contributed by atoms with van der Waals surface area (Å²) in [7, 11) is 1.48. The lowest BCUT2D eigenvalue weighted by molar-refractivity contribution is -0.155. The number of halogens is 3. The maximum absolute atomic E-state index is 15.6. The number of ether oxygens (including phenoxy) is 2. The summed E-state index contributed by atoms with van der Waals surface area (Å²) in [6, 6.07) is 1.03. The van der Waals surface area contributed by atoms with Gasteiger partial charge in [-0.05, 0) is 71.3 Å². The van der Waals surface area contributed by atoms with Gasteiger partial charge >= 0.3 is 12.1 Å². The summed E-state index contributed by atoms with van der Waals surface area (Å²) in [6.07, 6.45) is 3.21. The average Bonchev–Trinajstić information content (AvgIpc) is 3.13. The van der Waals surface area contributed by atoms with Crippen LogP contribution < -0.4 is 9.80 Å². The fraction of sp³-hybridized carbons (Fsp3) is 0.567. The molecule has 0 N–H and O–H groups in total. The second-order valence-electron chi connectivity index (χ2n) is 13.3. The number of benzene rings is 1. The van der Waals surface area contributed by atoms with Gasteiger partial charge in [-0.2, -0.15) is 0 Å². The lowest BCUT2D eigenvalue weighted by Gasteiger charge is -2.26. The Labute approximate surface area is 238 Å². The van der Waals surface area contributed by atoms with Gasteiger partial charge in [0.15, 0.2) is 11.6 Å². The minimum absolute atomic E-state index is 0.0413. The lowest BCUT2D eigenvalue weighted by Crippen LogP contribution is -2.34. The van der Waals surface area contributed by atoms with E-state index in [9.17, 15) is 9.59 Å². The largest absolute Gasteiger partial charge is 0.460 e. The Morgan fingerprint density at radius 2 is 1.82 bits per heavy atom. The first-order valence-electron chi connectivity index (χ1n) is 13.6. The van der Waals surface area contributed by atoms with E-state index in [1.165, 1.54) is 11.9 Å². The number of hydrogen-bond donors (Lipinski definition) is 0. The minimum Gasteiger partial charge on any atom is -0.460 e. The first kappa shape index (κ1) is 28.6. The van der Waals surface area contributed by atoms with Gasteiger partial charge in [0.25, 0.3) is 0 Å². The molecule has 2 fully saturated rings. The van der Waals surface area contributed by atoms with Crippen molar-refractivity contribution in [2.75, 3.05) is 29.9 Å². The SMILES string of the molecule is CN(C(=O)OC(C)(C)C)c1cc(F)c(F)c2c1Cc1ncc(Cl)c(N3CCC4(CC4CC(=O)OC(C)(C)C)C3)c1-2. The minimum atomic E-state index is -1.07. The lowest BCUT2D eigenvalue weighted by atomic mass is 10.0. The van der Waals surface area contributed by atoms with Crippen molar-refractivity contribution in [2.24, 2.45) is 11.3 Å². The van der Waals surface area contributed by atoms with Gasteiger partial charge < -0.3 is 14.4 Å². The van der Waals surface area contributed by atoms with Crippen molar-refractivity contribution in [3.8, 4) is 11.1 Å². The molecule has 2 aliphatic carbocycles. The van der Waals surface area contributed by atoms with Gasteiger partial charge in [-0.15, -0.1) is 0 Å². The van der Waals surface area contributed by atoms with Crippen LogP contribution in [0.1, 0.15) is 72.1 Å². The molecule has 2 aromatic rings. The Hall–Kier alpha value is -2.94. The highest BCUT2D eigenvalue weighted by Gasteiger charge is 2.58. The number of rotatable bonds is 4. The zero-order chi connectivity index (χ0) is 29.4. The molecule has 2 heterocycles. The quantitative estimate of drug-likeness (QED) is 0.315. The van der Waals surface area contributed by atoms with Gasteiger partial charge in [0.05, 0.1) is 22.1 Å². The van der Waals surface area contributed by atoms with Crippen molar-refractivity contribution >= 4 is 35.0 Å². The molecule has 1 aromatic carbocycles. The maximum atomic E-state index is 15.6. The van der Waals surface area contributed by atoms with E-state index < -0.39 is 28.9 Å². The molecular weight excluding hydrogens is 540 g/mol. The van der Waals surface area contributed by atoms with E-state index in [0.29, 0.717) is 47.0 Å². The predicted molar refractivity (Wildman–Crippen MR) is 150 cm³/mol. The van der Waals surface area contributed by atoms with Gasteiger partial charge in [-0.3, -0.25) is 14.7 Å². The van der Waals surface area contributed by atoms with Crippen LogP contribution in [-0.4, -0.2) is 48.4 Å². The number of carbonyl (C=O) groups is 2. The topological polar surface area (TPSA) is 72.0 Å². The van der Waals surface area contributed by atoms with E-state index in [2.05, 4.69) is 9.88 Å². The molecular formula is C30H36ClF2N3O4. The van der Waals surface area contributed by atoms with E-state index >= 15 is 8.78 Å². The second-order valence-corrected chi connectivity index (χ2v) is 13.7. The van der Waals surface area contributed by atoms with Gasteiger partial charge in [0, 0.05) is 56.4 Å². The van der Waals surface area contributed by atoms with Gasteiger partial charge in [-0.1, -0.05) is 11.6 Å². The van der Waals surface area contributed by atoms with E-state index in [0.717, 1.165) is 18.9 Å². The van der Waals surface area contributed by atoms with Crippen LogP contribution in [0.4, 0.5) is 25.0 Å². The number of carbonyl (C=O) groups excluding carboxylic acids is 2. The Morgan fingerprint density at radius 1 is 1.15 bits per heavy atom. The fourth-order valence-electron chi connectivity index (χ4n) is 6.10. The smallest absolute Gasteiger partial charge is 0.414 e. The van der Waals surface area contributed by atoms with Gasteiger partial charge in [-0.25, -0.2) is 13.6 Å². The molecule has 2 atom stereocenters. The van der Waals surface area contributed by atoms with Crippen LogP contribution in [0.5, 0.6) is 0 Å².